The Morgan fingerprint density at radius 1 is 1.00 bits per heavy atom. The minimum absolute atomic E-state index is 0.0760. The molecular formula is C25H29N3O5S. The first-order valence-corrected chi connectivity index (χ1v) is 12.3. The largest absolute Gasteiger partial charge is 0.467 e. The predicted octanol–water partition coefficient (Wildman–Crippen LogP) is 3.42. The summed E-state index contributed by atoms with van der Waals surface area (Å²) in [5.74, 6) is -0.349. The van der Waals surface area contributed by atoms with Crippen molar-refractivity contribution in [1.29, 1.82) is 0 Å². The van der Waals surface area contributed by atoms with Crippen molar-refractivity contribution in [2.45, 2.75) is 31.5 Å². The van der Waals surface area contributed by atoms with Gasteiger partial charge in [-0.3, -0.25) is 4.79 Å². The van der Waals surface area contributed by atoms with Gasteiger partial charge in [-0.25, -0.2) is 9.59 Å². The van der Waals surface area contributed by atoms with Crippen LogP contribution in [-0.2, 0) is 32.1 Å². The van der Waals surface area contributed by atoms with Gasteiger partial charge in [0.25, 0.3) is 0 Å². The van der Waals surface area contributed by atoms with Gasteiger partial charge in [-0.1, -0.05) is 48.5 Å². The summed E-state index contributed by atoms with van der Waals surface area (Å²) in [4.78, 5) is 41.1. The molecule has 0 bridgehead atoms. The maximum absolute atomic E-state index is 13.2. The molecule has 0 fully saturated rings. The van der Waals surface area contributed by atoms with Crippen molar-refractivity contribution in [3.8, 4) is 0 Å². The number of para-hydroxylation sites is 1. The first kappa shape index (κ1) is 25.2. The molecule has 3 N–H and O–H groups in total. The maximum atomic E-state index is 13.2. The van der Waals surface area contributed by atoms with Crippen molar-refractivity contribution < 1.29 is 23.9 Å². The highest BCUT2D eigenvalue weighted by molar-refractivity contribution is 7.98. The molecule has 9 heteroatoms. The fourth-order valence-corrected chi connectivity index (χ4v) is 4.01. The first-order chi connectivity index (χ1) is 16.5. The molecule has 0 aliphatic rings. The van der Waals surface area contributed by atoms with Gasteiger partial charge in [0.2, 0.25) is 5.91 Å². The number of aromatic nitrogens is 1. The summed E-state index contributed by atoms with van der Waals surface area (Å²) in [5.41, 5.74) is 2.62. The van der Waals surface area contributed by atoms with Crippen LogP contribution in [0, 0.1) is 0 Å². The third-order valence-corrected chi connectivity index (χ3v) is 5.98. The van der Waals surface area contributed by atoms with Crippen molar-refractivity contribution in [2.24, 2.45) is 0 Å². The van der Waals surface area contributed by atoms with Crippen LogP contribution in [0.2, 0.25) is 0 Å². The molecule has 1 aromatic heterocycles. The number of carbonyl (C=O) groups excluding carboxylic acids is 3. The number of fused-ring (bicyclic) bond motifs is 1. The molecule has 2 amide bonds. The molecule has 2 atom stereocenters. The van der Waals surface area contributed by atoms with Crippen LogP contribution in [0.3, 0.4) is 0 Å². The van der Waals surface area contributed by atoms with Crippen LogP contribution in [0.5, 0.6) is 0 Å². The van der Waals surface area contributed by atoms with Gasteiger partial charge in [0.1, 0.15) is 18.7 Å². The number of H-pyrrole nitrogens is 1. The molecule has 34 heavy (non-hydrogen) atoms. The van der Waals surface area contributed by atoms with E-state index in [1.54, 1.807) is 11.8 Å². The number of carbonyl (C=O) groups is 3. The number of amides is 2. The highest BCUT2D eigenvalue weighted by Gasteiger charge is 2.28. The lowest BCUT2D eigenvalue weighted by Crippen LogP contribution is -2.52. The molecule has 0 radical (unpaired) electrons. The van der Waals surface area contributed by atoms with E-state index in [2.05, 4.69) is 15.6 Å². The Labute approximate surface area is 202 Å². The Balaban J connectivity index is 1.75. The number of nitrogens with one attached hydrogen (secondary N) is 3. The molecule has 0 saturated heterocycles. The monoisotopic (exact) mass is 483 g/mol. The van der Waals surface area contributed by atoms with Gasteiger partial charge < -0.3 is 25.1 Å². The molecule has 0 aliphatic heterocycles. The molecule has 0 aliphatic carbocycles. The summed E-state index contributed by atoms with van der Waals surface area (Å²) in [6.07, 6.45) is 3.64. The van der Waals surface area contributed by atoms with Crippen LogP contribution in [0.25, 0.3) is 10.9 Å². The van der Waals surface area contributed by atoms with Crippen molar-refractivity contribution in [3.63, 3.8) is 0 Å². The van der Waals surface area contributed by atoms with Gasteiger partial charge in [-0.05, 0) is 35.6 Å². The highest BCUT2D eigenvalue weighted by Crippen LogP contribution is 2.19. The molecule has 0 spiro atoms. The quantitative estimate of drug-likeness (QED) is 0.361. The molecule has 3 rings (SSSR count). The molecule has 8 nitrogen and oxygen atoms in total. The van der Waals surface area contributed by atoms with Crippen LogP contribution in [0.1, 0.15) is 17.5 Å². The average Bonchev–Trinajstić information content (AvgIpc) is 3.27. The number of hydrogen-bond donors (Lipinski definition) is 3. The van der Waals surface area contributed by atoms with E-state index >= 15 is 0 Å². The number of hydrogen-bond acceptors (Lipinski definition) is 6. The zero-order chi connectivity index (χ0) is 24.3. The molecular weight excluding hydrogens is 454 g/mol. The second-order valence-corrected chi connectivity index (χ2v) is 8.67. The van der Waals surface area contributed by atoms with Gasteiger partial charge >= 0.3 is 12.1 Å². The highest BCUT2D eigenvalue weighted by atomic mass is 32.2. The third-order valence-electron chi connectivity index (χ3n) is 5.33. The molecule has 0 saturated carbocycles. The van der Waals surface area contributed by atoms with Gasteiger partial charge in [0, 0.05) is 23.5 Å². The number of rotatable bonds is 11. The topological polar surface area (TPSA) is 110 Å². The summed E-state index contributed by atoms with van der Waals surface area (Å²) >= 11 is 1.56. The molecule has 3 aromatic rings. The zero-order valence-corrected chi connectivity index (χ0v) is 20.0. The van der Waals surface area contributed by atoms with E-state index in [0.717, 1.165) is 22.0 Å². The maximum Gasteiger partial charge on any atom is 0.408 e. The van der Waals surface area contributed by atoms with Crippen LogP contribution in [0.15, 0.2) is 60.8 Å². The summed E-state index contributed by atoms with van der Waals surface area (Å²) < 4.78 is 10.2. The molecule has 2 aromatic carbocycles. The minimum atomic E-state index is -0.955. The first-order valence-electron chi connectivity index (χ1n) is 10.9. The Hall–Kier alpha value is -3.46. The van der Waals surface area contributed by atoms with Crippen LogP contribution >= 0.6 is 11.8 Å². The number of thioether (sulfide) groups is 1. The minimum Gasteiger partial charge on any atom is -0.467 e. The molecule has 180 valence electrons. The lowest BCUT2D eigenvalue weighted by Gasteiger charge is -2.22. The van der Waals surface area contributed by atoms with E-state index in [-0.39, 0.29) is 13.0 Å². The summed E-state index contributed by atoms with van der Waals surface area (Å²) in [5, 5.41) is 6.35. The van der Waals surface area contributed by atoms with Crippen molar-refractivity contribution >= 4 is 40.6 Å². The number of esters is 1. The van der Waals surface area contributed by atoms with Crippen molar-refractivity contribution in [1.82, 2.24) is 15.6 Å². The van der Waals surface area contributed by atoms with E-state index in [1.807, 2.05) is 67.0 Å². The lowest BCUT2D eigenvalue weighted by molar-refractivity contribution is -0.145. The normalized spacial score (nSPS) is 12.5. The van der Waals surface area contributed by atoms with Gasteiger partial charge in [0.05, 0.1) is 7.11 Å². The number of ether oxygens (including phenoxy) is 2. The van der Waals surface area contributed by atoms with Crippen LogP contribution in [0.4, 0.5) is 4.79 Å². The molecule has 1 heterocycles. The Bertz CT molecular complexity index is 1100. The lowest BCUT2D eigenvalue weighted by atomic mass is 10.0. The zero-order valence-electron chi connectivity index (χ0n) is 19.2. The fourth-order valence-electron chi connectivity index (χ4n) is 3.54. The Morgan fingerprint density at radius 2 is 1.74 bits per heavy atom. The number of alkyl carbamates (subject to hydrolysis) is 1. The van der Waals surface area contributed by atoms with Crippen molar-refractivity contribution in [3.05, 3.63) is 71.9 Å². The van der Waals surface area contributed by atoms with Crippen LogP contribution in [-0.4, -0.2) is 54.2 Å². The SMILES string of the molecule is COC(=O)C(CCSC)NC(=O)C(Cc1c[nH]c2ccccc12)NC(=O)OCc1ccccc1. The number of methoxy groups -OCH3 is 1. The Kier molecular flexibility index (Phi) is 9.40. The van der Waals surface area contributed by atoms with E-state index in [4.69, 9.17) is 9.47 Å². The second-order valence-electron chi connectivity index (χ2n) is 7.69. The smallest absolute Gasteiger partial charge is 0.408 e. The van der Waals surface area contributed by atoms with E-state index < -0.39 is 30.1 Å². The van der Waals surface area contributed by atoms with Gasteiger partial charge in [-0.15, -0.1) is 0 Å². The number of aromatic amines is 1. The number of benzene rings is 2. The summed E-state index contributed by atoms with van der Waals surface area (Å²) in [7, 11) is 1.28. The fraction of sp³-hybridized carbons (Fsp3) is 0.320. The van der Waals surface area contributed by atoms with Gasteiger partial charge in [0.15, 0.2) is 0 Å². The van der Waals surface area contributed by atoms with E-state index in [0.29, 0.717) is 12.2 Å². The van der Waals surface area contributed by atoms with Gasteiger partial charge in [-0.2, -0.15) is 11.8 Å². The van der Waals surface area contributed by atoms with E-state index in [9.17, 15) is 14.4 Å². The second kappa shape index (κ2) is 12.7. The van der Waals surface area contributed by atoms with E-state index in [1.165, 1.54) is 7.11 Å². The predicted molar refractivity (Wildman–Crippen MR) is 132 cm³/mol. The van der Waals surface area contributed by atoms with Crippen molar-refractivity contribution in [2.75, 3.05) is 19.1 Å². The standard InChI is InChI=1S/C25H29N3O5S/c1-32-24(30)21(12-13-34-2)27-23(29)22(14-18-15-26-20-11-7-6-10-19(18)20)28-25(31)33-16-17-8-4-3-5-9-17/h3-11,15,21-22,26H,12-14,16H2,1-2H3,(H,27,29)(H,28,31). The third kappa shape index (κ3) is 7.02. The summed E-state index contributed by atoms with van der Waals surface area (Å²) in [6, 6.07) is 15.2. The molecule has 2 unspecified atom stereocenters. The average molecular weight is 484 g/mol. The van der Waals surface area contributed by atoms with Crippen LogP contribution < -0.4 is 10.6 Å². The Morgan fingerprint density at radius 3 is 2.47 bits per heavy atom. The summed E-state index contributed by atoms with van der Waals surface area (Å²) in [6.45, 7) is 0.0760.